The number of hydrogen-bond donors (Lipinski definition) is 0. The maximum absolute atomic E-state index is 5.12. The number of hydrogen-bond acceptors (Lipinski definition) is 1. The first-order valence-electron chi connectivity index (χ1n) is 6.80. The van der Waals surface area contributed by atoms with Gasteiger partial charge in [0.2, 0.25) is 0 Å². The highest BCUT2D eigenvalue weighted by Crippen LogP contribution is 2.19. The lowest BCUT2D eigenvalue weighted by Gasteiger charge is -2.04. The van der Waals surface area contributed by atoms with E-state index in [9.17, 15) is 0 Å². The first-order valence-corrected chi connectivity index (χ1v) is 6.80. The van der Waals surface area contributed by atoms with Crippen molar-refractivity contribution in [3.8, 4) is 23.6 Å². The van der Waals surface area contributed by atoms with Crippen molar-refractivity contribution in [1.29, 1.82) is 0 Å². The summed E-state index contributed by atoms with van der Waals surface area (Å²) in [4.78, 5) is 4.67. The summed E-state index contributed by atoms with van der Waals surface area (Å²) in [6.07, 6.45) is 16.4. The van der Waals surface area contributed by atoms with E-state index in [1.807, 2.05) is 48.6 Å². The van der Waals surface area contributed by atoms with E-state index in [-0.39, 0.29) is 0 Å². The van der Waals surface area contributed by atoms with E-state index in [4.69, 9.17) is 6.42 Å². The van der Waals surface area contributed by atoms with Gasteiger partial charge in [0.25, 0.3) is 0 Å². The predicted octanol–water partition coefficient (Wildman–Crippen LogP) is 4.82. The molecule has 1 aromatic heterocycles. The lowest BCUT2D eigenvalue weighted by Crippen LogP contribution is -1.88. The molecule has 0 spiro atoms. The zero-order valence-electron chi connectivity index (χ0n) is 12.0. The van der Waals surface area contributed by atoms with Crippen LogP contribution in [0.15, 0.2) is 72.8 Å². The van der Waals surface area contributed by atoms with E-state index in [1.165, 1.54) is 5.56 Å². The first-order chi connectivity index (χ1) is 10.3. The molecule has 2 aromatic rings. The Morgan fingerprint density at radius 3 is 2.52 bits per heavy atom. The third kappa shape index (κ3) is 4.63. The molecule has 0 fully saturated rings. The normalized spacial score (nSPS) is 11.4. The van der Waals surface area contributed by atoms with Crippen molar-refractivity contribution in [3.63, 3.8) is 0 Å². The second-order valence-electron chi connectivity index (χ2n) is 4.59. The number of nitrogens with zero attached hydrogens (tertiary/aromatic N) is 1. The van der Waals surface area contributed by atoms with Crippen LogP contribution in [0.3, 0.4) is 0 Å². The van der Waals surface area contributed by atoms with Gasteiger partial charge in [-0.25, -0.2) is 4.98 Å². The fraction of sp³-hybridized carbons (Fsp3) is 0.0500. The Bertz CT molecular complexity index is 713. The minimum Gasteiger partial charge on any atom is -0.248 e. The second-order valence-corrected chi connectivity index (χ2v) is 4.59. The van der Waals surface area contributed by atoms with Crippen LogP contribution < -0.4 is 0 Å². The number of pyridine rings is 1. The quantitative estimate of drug-likeness (QED) is 0.574. The van der Waals surface area contributed by atoms with Crippen molar-refractivity contribution in [2.45, 2.75) is 6.92 Å². The molecule has 0 atom stereocenters. The Morgan fingerprint density at radius 1 is 1.00 bits per heavy atom. The molecule has 1 nitrogen and oxygen atoms in total. The van der Waals surface area contributed by atoms with Gasteiger partial charge >= 0.3 is 0 Å². The van der Waals surface area contributed by atoms with E-state index < -0.39 is 0 Å². The molecule has 0 N–H and O–H groups in total. The second kappa shape index (κ2) is 7.67. The van der Waals surface area contributed by atoms with Gasteiger partial charge in [-0.05, 0) is 36.8 Å². The zero-order valence-corrected chi connectivity index (χ0v) is 12.0. The van der Waals surface area contributed by atoms with E-state index >= 15 is 0 Å². The fourth-order valence-electron chi connectivity index (χ4n) is 1.93. The Hall–Kier alpha value is -2.85. The predicted molar refractivity (Wildman–Crippen MR) is 90.6 cm³/mol. The highest BCUT2D eigenvalue weighted by atomic mass is 14.7. The standard InChI is InChI=1S/C20H17N/c1-3-4-5-6-7-11-14-19-15-17(2)16-20(21-19)18-12-9-8-10-13-18/h1,4-16H,2H3/b5-4-,7-6-,14-11?. The summed E-state index contributed by atoms with van der Waals surface area (Å²) in [6, 6.07) is 14.4. The third-order valence-electron chi connectivity index (χ3n) is 2.85. The van der Waals surface area contributed by atoms with Crippen LogP contribution in [0, 0.1) is 19.3 Å². The van der Waals surface area contributed by atoms with Crippen molar-refractivity contribution >= 4 is 6.08 Å². The van der Waals surface area contributed by atoms with Gasteiger partial charge in [0, 0.05) is 5.56 Å². The van der Waals surface area contributed by atoms with Crippen LogP contribution in [0.25, 0.3) is 17.3 Å². The SMILES string of the molecule is C#C/C=C\C=C/C=Cc1cc(C)cc(-c2ccccc2)n1. The van der Waals surface area contributed by atoms with Crippen LogP contribution in [0.2, 0.25) is 0 Å². The molecule has 0 aliphatic heterocycles. The fourth-order valence-corrected chi connectivity index (χ4v) is 1.93. The van der Waals surface area contributed by atoms with Gasteiger partial charge in [-0.2, -0.15) is 0 Å². The highest BCUT2D eigenvalue weighted by molar-refractivity contribution is 5.62. The molecular weight excluding hydrogens is 254 g/mol. The molecule has 21 heavy (non-hydrogen) atoms. The molecule has 1 aromatic carbocycles. The molecular formula is C20H17N. The van der Waals surface area contributed by atoms with Crippen molar-refractivity contribution < 1.29 is 0 Å². The van der Waals surface area contributed by atoms with Crippen molar-refractivity contribution in [1.82, 2.24) is 4.98 Å². The molecule has 0 aliphatic rings. The van der Waals surface area contributed by atoms with E-state index in [2.05, 4.69) is 42.1 Å². The molecule has 1 heteroatoms. The number of terminal acetylenes is 1. The minimum absolute atomic E-state index is 0.944. The molecule has 0 aliphatic carbocycles. The number of aryl methyl sites for hydroxylation is 1. The number of allylic oxidation sites excluding steroid dienone is 5. The van der Waals surface area contributed by atoms with Crippen LogP contribution in [0.1, 0.15) is 11.3 Å². The summed E-state index contributed by atoms with van der Waals surface area (Å²) in [5.41, 5.74) is 4.26. The van der Waals surface area contributed by atoms with Gasteiger partial charge in [0.1, 0.15) is 0 Å². The van der Waals surface area contributed by atoms with Gasteiger partial charge in [-0.15, -0.1) is 6.42 Å². The molecule has 0 radical (unpaired) electrons. The van der Waals surface area contributed by atoms with Crippen molar-refractivity contribution in [2.24, 2.45) is 0 Å². The van der Waals surface area contributed by atoms with Gasteiger partial charge in [-0.1, -0.05) is 60.6 Å². The molecule has 0 saturated heterocycles. The monoisotopic (exact) mass is 271 g/mol. The Labute approximate surface area is 126 Å². The van der Waals surface area contributed by atoms with E-state index in [0.29, 0.717) is 0 Å². The first kappa shape index (κ1) is 14.6. The molecule has 0 saturated carbocycles. The van der Waals surface area contributed by atoms with Crippen LogP contribution in [0.5, 0.6) is 0 Å². The third-order valence-corrected chi connectivity index (χ3v) is 2.85. The van der Waals surface area contributed by atoms with Crippen molar-refractivity contribution in [2.75, 3.05) is 0 Å². The summed E-state index contributed by atoms with van der Waals surface area (Å²) < 4.78 is 0. The summed E-state index contributed by atoms with van der Waals surface area (Å²) >= 11 is 0. The lowest BCUT2D eigenvalue weighted by atomic mass is 10.1. The van der Waals surface area contributed by atoms with Crippen LogP contribution in [0.4, 0.5) is 0 Å². The number of aromatic nitrogens is 1. The maximum atomic E-state index is 5.12. The van der Waals surface area contributed by atoms with Gasteiger partial charge < -0.3 is 0 Å². The topological polar surface area (TPSA) is 12.9 Å². The highest BCUT2D eigenvalue weighted by Gasteiger charge is 2.00. The molecule has 1 heterocycles. The van der Waals surface area contributed by atoms with Gasteiger partial charge in [-0.3, -0.25) is 0 Å². The summed E-state index contributed by atoms with van der Waals surface area (Å²) in [5, 5.41) is 0. The average Bonchev–Trinajstić information content (AvgIpc) is 2.51. The Balaban J connectivity index is 2.20. The summed E-state index contributed by atoms with van der Waals surface area (Å²) in [5.74, 6) is 2.44. The average molecular weight is 271 g/mol. The molecule has 0 unspecified atom stereocenters. The van der Waals surface area contributed by atoms with Crippen LogP contribution in [-0.4, -0.2) is 4.98 Å². The molecule has 2 rings (SSSR count). The van der Waals surface area contributed by atoms with Crippen LogP contribution in [-0.2, 0) is 0 Å². The zero-order chi connectivity index (χ0) is 14.9. The van der Waals surface area contributed by atoms with Crippen molar-refractivity contribution in [3.05, 3.63) is 84.1 Å². The van der Waals surface area contributed by atoms with E-state index in [0.717, 1.165) is 17.0 Å². The Kier molecular flexibility index (Phi) is 5.32. The number of benzene rings is 1. The smallest absolute Gasteiger partial charge is 0.0711 e. The maximum Gasteiger partial charge on any atom is 0.0711 e. The van der Waals surface area contributed by atoms with Gasteiger partial charge in [0.15, 0.2) is 0 Å². The summed E-state index contributed by atoms with van der Waals surface area (Å²) in [6.45, 7) is 2.08. The summed E-state index contributed by atoms with van der Waals surface area (Å²) in [7, 11) is 0. The van der Waals surface area contributed by atoms with Crippen LogP contribution >= 0.6 is 0 Å². The molecule has 0 bridgehead atoms. The minimum atomic E-state index is 0.944. The Morgan fingerprint density at radius 2 is 1.76 bits per heavy atom. The number of rotatable bonds is 4. The molecule has 102 valence electrons. The van der Waals surface area contributed by atoms with Gasteiger partial charge in [0.05, 0.1) is 11.4 Å². The lowest BCUT2D eigenvalue weighted by molar-refractivity contribution is 1.26. The largest absolute Gasteiger partial charge is 0.248 e. The van der Waals surface area contributed by atoms with E-state index in [1.54, 1.807) is 6.08 Å². The molecule has 0 amide bonds.